The van der Waals surface area contributed by atoms with Gasteiger partial charge in [-0.05, 0) is 41.6 Å². The van der Waals surface area contributed by atoms with Gasteiger partial charge in [0.25, 0.3) is 0 Å². The Hall–Kier alpha value is -1.41. The summed E-state index contributed by atoms with van der Waals surface area (Å²) in [5.74, 6) is -0.0550. The highest BCUT2D eigenvalue weighted by atomic mass is 35.5. The molecule has 1 aromatic carbocycles. The van der Waals surface area contributed by atoms with E-state index in [2.05, 4.69) is 4.72 Å². The van der Waals surface area contributed by atoms with Gasteiger partial charge in [0.1, 0.15) is 4.21 Å². The Kier molecular flexibility index (Phi) is 4.72. The first-order chi connectivity index (χ1) is 11.0. The number of amides is 1. The van der Waals surface area contributed by atoms with Crippen molar-refractivity contribution >= 4 is 44.6 Å². The average Bonchev–Trinajstić information content (AvgIpc) is 3.16. The number of hydrogen-bond acceptors (Lipinski definition) is 4. The summed E-state index contributed by atoms with van der Waals surface area (Å²) in [5, 5.41) is 2.33. The van der Waals surface area contributed by atoms with Crippen molar-refractivity contribution in [1.29, 1.82) is 0 Å². The van der Waals surface area contributed by atoms with Crippen LogP contribution < -0.4 is 9.62 Å². The Bertz CT molecular complexity index is 789. The molecule has 1 fully saturated rings. The first-order valence-electron chi connectivity index (χ1n) is 7.05. The van der Waals surface area contributed by atoms with E-state index in [1.807, 2.05) is 0 Å². The lowest BCUT2D eigenvalue weighted by Crippen LogP contribution is -2.31. The second-order valence-corrected chi connectivity index (χ2v) is 8.71. The third-order valence-electron chi connectivity index (χ3n) is 3.67. The molecule has 8 heteroatoms. The highest BCUT2D eigenvalue weighted by Crippen LogP contribution is 2.26. The van der Waals surface area contributed by atoms with Crippen LogP contribution in [0.3, 0.4) is 0 Å². The Morgan fingerprint density at radius 2 is 2.00 bits per heavy atom. The Morgan fingerprint density at radius 1 is 1.26 bits per heavy atom. The van der Waals surface area contributed by atoms with Crippen molar-refractivity contribution in [2.24, 2.45) is 5.92 Å². The van der Waals surface area contributed by atoms with Gasteiger partial charge in [0, 0.05) is 30.2 Å². The van der Waals surface area contributed by atoms with Crippen LogP contribution in [0.2, 0.25) is 5.02 Å². The summed E-state index contributed by atoms with van der Waals surface area (Å²) in [6.07, 6.45) is 0.329. The third-order valence-corrected chi connectivity index (χ3v) is 6.74. The number of rotatable bonds is 5. The molecule has 1 N–H and O–H groups in total. The summed E-state index contributed by atoms with van der Waals surface area (Å²) >= 11 is 7.02. The fourth-order valence-corrected chi connectivity index (χ4v) is 4.78. The molecule has 1 amide bonds. The molecule has 1 aliphatic rings. The summed E-state index contributed by atoms with van der Waals surface area (Å²) in [6.45, 7) is 0.740. The molecule has 0 unspecified atom stereocenters. The molecule has 1 saturated heterocycles. The van der Waals surface area contributed by atoms with Crippen molar-refractivity contribution in [2.75, 3.05) is 18.0 Å². The number of sulfonamides is 1. The lowest BCUT2D eigenvalue weighted by molar-refractivity contribution is -0.117. The number of halogens is 1. The summed E-state index contributed by atoms with van der Waals surface area (Å²) < 4.78 is 27.1. The molecule has 0 bridgehead atoms. The predicted molar refractivity (Wildman–Crippen MR) is 91.4 cm³/mol. The van der Waals surface area contributed by atoms with E-state index < -0.39 is 10.0 Å². The molecule has 0 spiro atoms. The molecule has 5 nitrogen and oxygen atoms in total. The number of nitrogens with one attached hydrogen (secondary N) is 1. The number of carbonyl (C=O) groups excluding carboxylic acids is 1. The second kappa shape index (κ2) is 6.60. The number of anilines is 1. The van der Waals surface area contributed by atoms with Gasteiger partial charge >= 0.3 is 0 Å². The zero-order valence-corrected chi connectivity index (χ0v) is 14.5. The smallest absolute Gasteiger partial charge is 0.250 e. The molecule has 122 valence electrons. The maximum Gasteiger partial charge on any atom is 0.250 e. The largest absolute Gasteiger partial charge is 0.312 e. The first-order valence-corrected chi connectivity index (χ1v) is 9.79. The van der Waals surface area contributed by atoms with E-state index in [1.54, 1.807) is 46.7 Å². The van der Waals surface area contributed by atoms with Crippen molar-refractivity contribution in [3.05, 3.63) is 46.8 Å². The van der Waals surface area contributed by atoms with Gasteiger partial charge in [0.2, 0.25) is 15.9 Å². The number of benzene rings is 1. The summed E-state index contributed by atoms with van der Waals surface area (Å²) in [5.41, 5.74) is 0.781. The number of hydrogen-bond donors (Lipinski definition) is 1. The second-order valence-electron chi connectivity index (χ2n) is 5.33. The van der Waals surface area contributed by atoms with Gasteiger partial charge < -0.3 is 4.90 Å². The van der Waals surface area contributed by atoms with Crippen LogP contribution in [-0.4, -0.2) is 27.4 Å². The van der Waals surface area contributed by atoms with Crippen LogP contribution in [0.1, 0.15) is 6.42 Å². The van der Waals surface area contributed by atoms with E-state index in [1.165, 1.54) is 11.3 Å². The summed E-state index contributed by atoms with van der Waals surface area (Å²) in [6, 6.07) is 10.3. The van der Waals surface area contributed by atoms with Crippen molar-refractivity contribution < 1.29 is 13.2 Å². The van der Waals surface area contributed by atoms with E-state index in [0.717, 1.165) is 5.69 Å². The Balaban J connectivity index is 1.63. The Morgan fingerprint density at radius 3 is 2.65 bits per heavy atom. The SMILES string of the molecule is O=C1C[C@H](CNS(=O)(=O)c2cccs2)CN1c1ccc(Cl)cc1. The number of carbonyl (C=O) groups is 1. The van der Waals surface area contributed by atoms with E-state index >= 15 is 0 Å². The predicted octanol–water partition coefficient (Wildman–Crippen LogP) is 2.73. The van der Waals surface area contributed by atoms with Gasteiger partial charge in [-0.2, -0.15) is 0 Å². The van der Waals surface area contributed by atoms with Gasteiger partial charge in [0.15, 0.2) is 0 Å². The monoisotopic (exact) mass is 370 g/mol. The summed E-state index contributed by atoms with van der Waals surface area (Å²) in [7, 11) is -3.49. The summed E-state index contributed by atoms with van der Waals surface area (Å²) in [4.78, 5) is 13.8. The van der Waals surface area contributed by atoms with Crippen LogP contribution in [0.5, 0.6) is 0 Å². The lowest BCUT2D eigenvalue weighted by Gasteiger charge is -2.17. The maximum atomic E-state index is 12.1. The zero-order valence-electron chi connectivity index (χ0n) is 12.1. The van der Waals surface area contributed by atoms with E-state index in [-0.39, 0.29) is 22.6 Å². The van der Waals surface area contributed by atoms with Crippen molar-refractivity contribution in [3.63, 3.8) is 0 Å². The van der Waals surface area contributed by atoms with E-state index in [4.69, 9.17) is 11.6 Å². The zero-order chi connectivity index (χ0) is 16.4. The number of nitrogens with zero attached hydrogens (tertiary/aromatic N) is 1. The highest BCUT2D eigenvalue weighted by Gasteiger charge is 2.31. The van der Waals surface area contributed by atoms with Crippen LogP contribution in [0.25, 0.3) is 0 Å². The number of thiophene rings is 1. The van der Waals surface area contributed by atoms with Gasteiger partial charge in [-0.3, -0.25) is 4.79 Å². The van der Waals surface area contributed by atoms with Crippen LogP contribution in [0.4, 0.5) is 5.69 Å². The Labute approximate surface area is 143 Å². The average molecular weight is 371 g/mol. The normalized spacial score (nSPS) is 18.6. The fraction of sp³-hybridized carbons (Fsp3) is 0.267. The molecule has 2 heterocycles. The molecule has 1 atom stereocenters. The lowest BCUT2D eigenvalue weighted by atomic mass is 10.1. The van der Waals surface area contributed by atoms with Gasteiger partial charge in [-0.25, -0.2) is 13.1 Å². The molecule has 1 aromatic heterocycles. The molecule has 3 rings (SSSR count). The molecule has 1 aliphatic heterocycles. The first kappa shape index (κ1) is 16.4. The third kappa shape index (κ3) is 3.74. The minimum absolute atomic E-state index is 0.00681. The van der Waals surface area contributed by atoms with E-state index in [0.29, 0.717) is 18.0 Å². The van der Waals surface area contributed by atoms with Crippen molar-refractivity contribution in [3.8, 4) is 0 Å². The van der Waals surface area contributed by atoms with Gasteiger partial charge in [-0.1, -0.05) is 17.7 Å². The van der Waals surface area contributed by atoms with Gasteiger partial charge in [0.05, 0.1) is 0 Å². The maximum absolute atomic E-state index is 12.1. The minimum atomic E-state index is -3.49. The molecule has 2 aromatic rings. The molecule has 23 heavy (non-hydrogen) atoms. The topological polar surface area (TPSA) is 66.5 Å². The van der Waals surface area contributed by atoms with Crippen LogP contribution in [0.15, 0.2) is 46.0 Å². The molecule has 0 aliphatic carbocycles. The molecule has 0 radical (unpaired) electrons. The van der Waals surface area contributed by atoms with E-state index in [9.17, 15) is 13.2 Å². The van der Waals surface area contributed by atoms with Crippen LogP contribution >= 0.6 is 22.9 Å². The van der Waals surface area contributed by atoms with Crippen molar-refractivity contribution in [1.82, 2.24) is 4.72 Å². The van der Waals surface area contributed by atoms with Crippen LogP contribution in [0, 0.1) is 5.92 Å². The molecular formula is C15H15ClN2O3S2. The quantitative estimate of drug-likeness (QED) is 0.880. The highest BCUT2D eigenvalue weighted by molar-refractivity contribution is 7.91. The fourth-order valence-electron chi connectivity index (χ4n) is 2.50. The van der Waals surface area contributed by atoms with Crippen LogP contribution in [-0.2, 0) is 14.8 Å². The molecular weight excluding hydrogens is 356 g/mol. The molecule has 0 saturated carbocycles. The van der Waals surface area contributed by atoms with Crippen molar-refractivity contribution in [2.45, 2.75) is 10.6 Å². The van der Waals surface area contributed by atoms with Gasteiger partial charge in [-0.15, -0.1) is 11.3 Å². The standard InChI is InChI=1S/C15H15ClN2O3S2/c16-12-3-5-13(6-4-12)18-10-11(8-14(18)19)9-17-23(20,21)15-2-1-7-22-15/h1-7,11,17H,8-10H2/t11-/m1/s1. The minimum Gasteiger partial charge on any atom is -0.312 e.